The van der Waals surface area contributed by atoms with Crippen molar-refractivity contribution in [1.29, 1.82) is 0 Å². The zero-order chi connectivity index (χ0) is 21.5. The van der Waals surface area contributed by atoms with Crippen LogP contribution in [0.2, 0.25) is 0 Å². The third kappa shape index (κ3) is 5.66. The van der Waals surface area contributed by atoms with Gasteiger partial charge in [0, 0.05) is 37.7 Å². The van der Waals surface area contributed by atoms with Crippen LogP contribution in [0.3, 0.4) is 0 Å². The Bertz CT molecular complexity index is 850. The van der Waals surface area contributed by atoms with Gasteiger partial charge < -0.3 is 14.5 Å². The summed E-state index contributed by atoms with van der Waals surface area (Å²) in [6, 6.07) is 17.4. The second-order valence-electron chi connectivity index (χ2n) is 8.60. The molecule has 4 rings (SSSR count). The van der Waals surface area contributed by atoms with Crippen molar-refractivity contribution in [2.75, 3.05) is 26.2 Å². The van der Waals surface area contributed by atoms with Crippen LogP contribution in [0.5, 0.6) is 5.75 Å². The van der Waals surface area contributed by atoms with E-state index >= 15 is 0 Å². The van der Waals surface area contributed by atoms with Crippen molar-refractivity contribution in [3.8, 4) is 5.75 Å². The Morgan fingerprint density at radius 2 is 1.42 bits per heavy atom. The fraction of sp³-hybridized carbons (Fsp3) is 0.462. The molecule has 2 aromatic rings. The number of likely N-dealkylation sites (tertiary alicyclic amines) is 2. The average molecular weight is 421 g/mol. The number of carbonyl (C=O) groups excluding carboxylic acids is 2. The van der Waals surface area contributed by atoms with E-state index in [0.717, 1.165) is 50.1 Å². The molecule has 0 bridgehead atoms. The molecule has 2 amide bonds. The van der Waals surface area contributed by atoms with Crippen LogP contribution in [0.15, 0.2) is 54.6 Å². The number of rotatable bonds is 5. The number of ether oxygens (including phenoxy) is 1. The van der Waals surface area contributed by atoms with Crippen LogP contribution in [0.25, 0.3) is 0 Å². The maximum absolute atomic E-state index is 12.9. The molecule has 0 aliphatic carbocycles. The van der Waals surface area contributed by atoms with Gasteiger partial charge in [0.2, 0.25) is 5.91 Å². The number of benzene rings is 2. The number of piperidine rings is 1. The van der Waals surface area contributed by atoms with Gasteiger partial charge in [-0.25, -0.2) is 0 Å². The van der Waals surface area contributed by atoms with Gasteiger partial charge in [0.25, 0.3) is 5.91 Å². The number of hydrogen-bond acceptors (Lipinski definition) is 3. The van der Waals surface area contributed by atoms with E-state index in [1.807, 2.05) is 59.5 Å². The SMILES string of the molecule is O=C(c1ccc(OCc2ccccc2)cc1)N1CCC(C(=O)N2CCCCCC2)CC1. The molecule has 31 heavy (non-hydrogen) atoms. The van der Waals surface area contributed by atoms with E-state index < -0.39 is 0 Å². The lowest BCUT2D eigenvalue weighted by atomic mass is 9.94. The first-order valence-corrected chi connectivity index (χ1v) is 11.6. The van der Waals surface area contributed by atoms with E-state index in [2.05, 4.69) is 4.90 Å². The maximum atomic E-state index is 12.9. The summed E-state index contributed by atoms with van der Waals surface area (Å²) in [6.07, 6.45) is 6.22. The second kappa shape index (κ2) is 10.5. The minimum Gasteiger partial charge on any atom is -0.489 e. The fourth-order valence-electron chi connectivity index (χ4n) is 4.50. The predicted molar refractivity (Wildman–Crippen MR) is 121 cm³/mol. The van der Waals surface area contributed by atoms with E-state index in [1.54, 1.807) is 0 Å². The van der Waals surface area contributed by atoms with Crippen molar-refractivity contribution < 1.29 is 14.3 Å². The molecule has 0 atom stereocenters. The Morgan fingerprint density at radius 1 is 0.774 bits per heavy atom. The number of nitrogens with zero attached hydrogens (tertiary/aromatic N) is 2. The molecule has 0 saturated carbocycles. The van der Waals surface area contributed by atoms with Crippen LogP contribution < -0.4 is 4.74 Å². The molecule has 164 valence electrons. The summed E-state index contributed by atoms with van der Waals surface area (Å²) < 4.78 is 5.81. The predicted octanol–water partition coefficient (Wildman–Crippen LogP) is 4.52. The summed E-state index contributed by atoms with van der Waals surface area (Å²) in [6.45, 7) is 3.60. The van der Waals surface area contributed by atoms with Gasteiger partial charge in [0.1, 0.15) is 12.4 Å². The highest BCUT2D eigenvalue weighted by molar-refractivity contribution is 5.94. The zero-order valence-corrected chi connectivity index (χ0v) is 18.2. The van der Waals surface area contributed by atoms with Crippen molar-refractivity contribution in [1.82, 2.24) is 9.80 Å². The highest BCUT2D eigenvalue weighted by Crippen LogP contribution is 2.23. The first-order chi connectivity index (χ1) is 15.2. The average Bonchev–Trinajstić information content (AvgIpc) is 3.13. The van der Waals surface area contributed by atoms with Crippen LogP contribution in [0.4, 0.5) is 0 Å². The number of amides is 2. The minimum atomic E-state index is 0.0373. The fourth-order valence-corrected chi connectivity index (χ4v) is 4.50. The van der Waals surface area contributed by atoms with E-state index in [4.69, 9.17) is 4.74 Å². The third-order valence-electron chi connectivity index (χ3n) is 6.40. The molecule has 0 aromatic heterocycles. The molecular weight excluding hydrogens is 388 g/mol. The van der Waals surface area contributed by atoms with Crippen molar-refractivity contribution in [2.45, 2.75) is 45.1 Å². The largest absolute Gasteiger partial charge is 0.489 e. The molecule has 2 saturated heterocycles. The van der Waals surface area contributed by atoms with Crippen LogP contribution >= 0.6 is 0 Å². The molecule has 5 heteroatoms. The van der Waals surface area contributed by atoms with Gasteiger partial charge in [-0.05, 0) is 55.5 Å². The summed E-state index contributed by atoms with van der Waals surface area (Å²) in [5, 5.41) is 0. The molecular formula is C26H32N2O3. The summed E-state index contributed by atoms with van der Waals surface area (Å²) in [7, 11) is 0. The Hall–Kier alpha value is -2.82. The Kier molecular flexibility index (Phi) is 7.23. The normalized spacial score (nSPS) is 17.8. The molecule has 2 aromatic carbocycles. The topological polar surface area (TPSA) is 49.9 Å². The van der Waals surface area contributed by atoms with Crippen molar-refractivity contribution in [3.63, 3.8) is 0 Å². The molecule has 2 aliphatic rings. The summed E-state index contributed by atoms with van der Waals surface area (Å²) in [5.74, 6) is 1.15. The molecule has 0 N–H and O–H groups in total. The van der Waals surface area contributed by atoms with E-state index in [0.29, 0.717) is 31.2 Å². The second-order valence-corrected chi connectivity index (χ2v) is 8.60. The van der Waals surface area contributed by atoms with E-state index in [-0.39, 0.29) is 11.8 Å². The van der Waals surface area contributed by atoms with Gasteiger partial charge in [-0.3, -0.25) is 9.59 Å². The molecule has 2 fully saturated rings. The van der Waals surface area contributed by atoms with Gasteiger partial charge in [-0.2, -0.15) is 0 Å². The monoisotopic (exact) mass is 420 g/mol. The van der Waals surface area contributed by atoms with Crippen LogP contribution in [0.1, 0.15) is 54.4 Å². The molecule has 0 unspecified atom stereocenters. The van der Waals surface area contributed by atoms with E-state index in [1.165, 1.54) is 12.8 Å². The Balaban J connectivity index is 1.26. The molecule has 5 nitrogen and oxygen atoms in total. The Labute approximate surface area is 185 Å². The van der Waals surface area contributed by atoms with Crippen molar-refractivity contribution in [2.24, 2.45) is 5.92 Å². The minimum absolute atomic E-state index is 0.0373. The number of carbonyl (C=O) groups is 2. The smallest absolute Gasteiger partial charge is 0.253 e. The third-order valence-corrected chi connectivity index (χ3v) is 6.40. The lowest BCUT2D eigenvalue weighted by molar-refractivity contribution is -0.136. The molecule has 0 radical (unpaired) electrons. The highest BCUT2D eigenvalue weighted by atomic mass is 16.5. The van der Waals surface area contributed by atoms with Gasteiger partial charge in [-0.1, -0.05) is 43.2 Å². The lowest BCUT2D eigenvalue weighted by Gasteiger charge is -2.34. The lowest BCUT2D eigenvalue weighted by Crippen LogP contribution is -2.44. The summed E-state index contributed by atoms with van der Waals surface area (Å²) >= 11 is 0. The quantitative estimate of drug-likeness (QED) is 0.715. The van der Waals surface area contributed by atoms with Gasteiger partial charge in [-0.15, -0.1) is 0 Å². The summed E-state index contributed by atoms with van der Waals surface area (Å²) in [4.78, 5) is 29.7. The van der Waals surface area contributed by atoms with Crippen LogP contribution in [-0.2, 0) is 11.4 Å². The van der Waals surface area contributed by atoms with Gasteiger partial charge >= 0.3 is 0 Å². The van der Waals surface area contributed by atoms with Crippen LogP contribution in [0, 0.1) is 5.92 Å². The van der Waals surface area contributed by atoms with Crippen LogP contribution in [-0.4, -0.2) is 47.8 Å². The highest BCUT2D eigenvalue weighted by Gasteiger charge is 2.30. The molecule has 2 aliphatic heterocycles. The first-order valence-electron chi connectivity index (χ1n) is 11.6. The molecule has 0 spiro atoms. The van der Waals surface area contributed by atoms with Gasteiger partial charge in [0.05, 0.1) is 0 Å². The first kappa shape index (κ1) is 21.4. The number of hydrogen-bond donors (Lipinski definition) is 0. The zero-order valence-electron chi connectivity index (χ0n) is 18.2. The van der Waals surface area contributed by atoms with Gasteiger partial charge in [0.15, 0.2) is 0 Å². The van der Waals surface area contributed by atoms with E-state index in [9.17, 15) is 9.59 Å². The maximum Gasteiger partial charge on any atom is 0.253 e. The molecule has 2 heterocycles. The van der Waals surface area contributed by atoms with Crippen molar-refractivity contribution >= 4 is 11.8 Å². The van der Waals surface area contributed by atoms with Crippen molar-refractivity contribution in [3.05, 3.63) is 65.7 Å². The Morgan fingerprint density at radius 3 is 2.06 bits per heavy atom. The standard InChI is InChI=1S/C26H32N2O3/c29-25(22-10-12-24(13-11-22)31-20-21-8-4-3-5-9-21)28-18-14-23(15-19-28)26(30)27-16-6-1-2-7-17-27/h3-5,8-13,23H,1-2,6-7,14-20H2. The summed E-state index contributed by atoms with van der Waals surface area (Å²) in [5.41, 5.74) is 1.78.